The van der Waals surface area contributed by atoms with Crippen molar-refractivity contribution in [1.82, 2.24) is 5.32 Å². The zero-order valence-electron chi connectivity index (χ0n) is 7.49. The molecule has 1 aliphatic heterocycles. The van der Waals surface area contributed by atoms with Gasteiger partial charge in [-0.1, -0.05) is 13.8 Å². The predicted octanol–water partition coefficient (Wildman–Crippen LogP) is 1.76. The molecule has 1 saturated heterocycles. The normalized spacial score (nSPS) is 27.0. The van der Waals surface area contributed by atoms with Crippen LogP contribution in [-0.2, 0) is 4.74 Å². The fourth-order valence-electron chi connectivity index (χ4n) is 1.34. The van der Waals surface area contributed by atoms with Gasteiger partial charge in [-0.25, -0.2) is 8.78 Å². The van der Waals surface area contributed by atoms with Crippen LogP contribution in [0.4, 0.5) is 8.78 Å². The minimum absolute atomic E-state index is 0.269. The lowest BCUT2D eigenvalue weighted by Gasteiger charge is -2.40. The zero-order valence-corrected chi connectivity index (χ0v) is 7.49. The van der Waals surface area contributed by atoms with Crippen LogP contribution in [0, 0.1) is 0 Å². The predicted molar refractivity (Wildman–Crippen MR) is 42.2 cm³/mol. The number of hydrogen-bond acceptors (Lipinski definition) is 2. The summed E-state index contributed by atoms with van der Waals surface area (Å²) in [5.41, 5.74) is -0.512. The van der Waals surface area contributed by atoms with E-state index in [4.69, 9.17) is 4.74 Å². The van der Waals surface area contributed by atoms with Gasteiger partial charge >= 0.3 is 0 Å². The second kappa shape index (κ2) is 3.26. The van der Waals surface area contributed by atoms with Crippen LogP contribution in [0.1, 0.15) is 26.7 Å². The topological polar surface area (TPSA) is 21.3 Å². The Morgan fingerprint density at radius 1 is 1.33 bits per heavy atom. The van der Waals surface area contributed by atoms with Crippen molar-refractivity contribution in [1.29, 1.82) is 0 Å². The maximum atomic E-state index is 12.6. The lowest BCUT2D eigenvalue weighted by Crippen LogP contribution is -2.58. The third-order valence-corrected chi connectivity index (χ3v) is 2.37. The first-order valence-corrected chi connectivity index (χ1v) is 4.30. The molecular weight excluding hydrogens is 164 g/mol. The lowest BCUT2D eigenvalue weighted by atomic mass is 10.1. The monoisotopic (exact) mass is 179 g/mol. The Balaban J connectivity index is 2.53. The molecule has 0 aromatic rings. The minimum atomic E-state index is -2.70. The first-order chi connectivity index (χ1) is 5.54. The molecule has 0 unspecified atom stereocenters. The molecule has 0 bridgehead atoms. The fraction of sp³-hybridized carbons (Fsp3) is 1.00. The Morgan fingerprint density at radius 2 is 1.92 bits per heavy atom. The van der Waals surface area contributed by atoms with E-state index in [1.54, 1.807) is 0 Å². The van der Waals surface area contributed by atoms with Gasteiger partial charge < -0.3 is 4.74 Å². The van der Waals surface area contributed by atoms with E-state index in [2.05, 4.69) is 5.32 Å². The van der Waals surface area contributed by atoms with E-state index in [0.717, 1.165) is 12.8 Å². The van der Waals surface area contributed by atoms with E-state index < -0.39 is 18.3 Å². The quantitative estimate of drug-likeness (QED) is 0.697. The average Bonchev–Trinajstić information content (AvgIpc) is 2.06. The highest BCUT2D eigenvalue weighted by molar-refractivity contribution is 4.85. The van der Waals surface area contributed by atoms with Crippen molar-refractivity contribution >= 4 is 0 Å². The third kappa shape index (κ3) is 1.93. The molecule has 0 saturated carbocycles. The molecule has 1 N–H and O–H groups in total. The second-order valence-corrected chi connectivity index (χ2v) is 3.20. The molecule has 2 nitrogen and oxygen atoms in total. The Hall–Kier alpha value is -0.220. The first-order valence-electron chi connectivity index (χ1n) is 4.30. The van der Waals surface area contributed by atoms with Crippen LogP contribution in [0.5, 0.6) is 0 Å². The summed E-state index contributed by atoms with van der Waals surface area (Å²) in [4.78, 5) is 0. The third-order valence-electron chi connectivity index (χ3n) is 2.37. The summed E-state index contributed by atoms with van der Waals surface area (Å²) < 4.78 is 30.4. The Kier molecular flexibility index (Phi) is 2.68. The highest BCUT2D eigenvalue weighted by atomic mass is 19.3. The molecule has 72 valence electrons. The summed E-state index contributed by atoms with van der Waals surface area (Å²) in [5, 5.41) is 2.75. The van der Waals surface area contributed by atoms with E-state index in [1.807, 2.05) is 13.8 Å². The van der Waals surface area contributed by atoms with Crippen LogP contribution in [0.15, 0.2) is 0 Å². The smallest absolute Gasteiger partial charge is 0.283 e. The van der Waals surface area contributed by atoms with Gasteiger partial charge in [-0.15, -0.1) is 0 Å². The van der Waals surface area contributed by atoms with Crippen molar-refractivity contribution in [3.63, 3.8) is 0 Å². The van der Waals surface area contributed by atoms with Crippen molar-refractivity contribution < 1.29 is 13.5 Å². The number of alkyl halides is 2. The molecule has 1 fully saturated rings. The summed E-state index contributed by atoms with van der Waals surface area (Å²) >= 11 is 0. The molecule has 0 amide bonds. The first kappa shape index (κ1) is 9.86. The van der Waals surface area contributed by atoms with Gasteiger partial charge in [0.1, 0.15) is 12.3 Å². The molecule has 4 heteroatoms. The Labute approximate surface area is 71.3 Å². The van der Waals surface area contributed by atoms with Gasteiger partial charge in [0, 0.05) is 0 Å². The van der Waals surface area contributed by atoms with Crippen LogP contribution in [-0.4, -0.2) is 24.8 Å². The molecule has 0 atom stereocenters. The van der Waals surface area contributed by atoms with Crippen molar-refractivity contribution in [2.75, 3.05) is 13.2 Å². The zero-order chi connectivity index (χ0) is 9.24. The molecular formula is C8H15F2NO. The highest BCUT2D eigenvalue weighted by Crippen LogP contribution is 2.27. The minimum Gasteiger partial charge on any atom is -0.354 e. The van der Waals surface area contributed by atoms with E-state index in [-0.39, 0.29) is 6.54 Å². The van der Waals surface area contributed by atoms with E-state index >= 15 is 0 Å². The molecule has 1 aliphatic rings. The lowest BCUT2D eigenvalue weighted by molar-refractivity contribution is -0.195. The van der Waals surface area contributed by atoms with Crippen LogP contribution in [0.25, 0.3) is 0 Å². The fourth-order valence-corrected chi connectivity index (χ4v) is 1.34. The highest BCUT2D eigenvalue weighted by Gasteiger charge is 2.41. The summed E-state index contributed by atoms with van der Waals surface area (Å²) in [5.74, 6) is -2.70. The standard InChI is InChI=1S/C8H15F2NO/c1-3-8(4-2)11-5-7(9,10)6-12-8/h11H,3-6H2,1-2H3. The van der Waals surface area contributed by atoms with Gasteiger partial charge in [-0.3, -0.25) is 5.32 Å². The van der Waals surface area contributed by atoms with Gasteiger partial charge in [0.2, 0.25) is 0 Å². The van der Waals surface area contributed by atoms with Crippen LogP contribution in [0.2, 0.25) is 0 Å². The Morgan fingerprint density at radius 3 is 2.25 bits per heavy atom. The number of ether oxygens (including phenoxy) is 1. The van der Waals surface area contributed by atoms with E-state index in [9.17, 15) is 8.78 Å². The van der Waals surface area contributed by atoms with Crippen LogP contribution >= 0.6 is 0 Å². The molecule has 0 radical (unpaired) electrons. The molecule has 1 rings (SSSR count). The van der Waals surface area contributed by atoms with Crippen LogP contribution < -0.4 is 5.32 Å². The largest absolute Gasteiger partial charge is 0.354 e. The van der Waals surface area contributed by atoms with Gasteiger partial charge in [-0.05, 0) is 12.8 Å². The summed E-state index contributed by atoms with van der Waals surface area (Å²) in [6, 6.07) is 0. The van der Waals surface area contributed by atoms with Crippen molar-refractivity contribution in [3.05, 3.63) is 0 Å². The van der Waals surface area contributed by atoms with E-state index in [0.29, 0.717) is 0 Å². The Bertz CT molecular complexity index is 145. The SMILES string of the molecule is CCC1(CC)NCC(F)(F)CO1. The maximum absolute atomic E-state index is 12.6. The number of nitrogens with one attached hydrogen (secondary N) is 1. The maximum Gasteiger partial charge on any atom is 0.283 e. The molecule has 1 heterocycles. The average molecular weight is 179 g/mol. The molecule has 0 aromatic heterocycles. The van der Waals surface area contributed by atoms with Crippen molar-refractivity contribution in [2.45, 2.75) is 38.3 Å². The number of halogens is 2. The molecule has 0 aromatic carbocycles. The van der Waals surface area contributed by atoms with Gasteiger partial charge in [0.25, 0.3) is 5.92 Å². The second-order valence-electron chi connectivity index (χ2n) is 3.20. The molecule has 0 aliphatic carbocycles. The van der Waals surface area contributed by atoms with Gasteiger partial charge in [0.05, 0.1) is 6.54 Å². The molecule has 0 spiro atoms. The number of rotatable bonds is 2. The van der Waals surface area contributed by atoms with Crippen molar-refractivity contribution in [3.8, 4) is 0 Å². The summed E-state index contributed by atoms with van der Waals surface area (Å²) in [7, 11) is 0. The number of hydrogen-bond donors (Lipinski definition) is 1. The molecule has 12 heavy (non-hydrogen) atoms. The summed E-state index contributed by atoms with van der Waals surface area (Å²) in [6.07, 6.45) is 1.44. The summed E-state index contributed by atoms with van der Waals surface area (Å²) in [6.45, 7) is 3.14. The van der Waals surface area contributed by atoms with Crippen molar-refractivity contribution in [2.24, 2.45) is 0 Å². The van der Waals surface area contributed by atoms with E-state index in [1.165, 1.54) is 0 Å². The van der Waals surface area contributed by atoms with Gasteiger partial charge in [0.15, 0.2) is 0 Å². The van der Waals surface area contributed by atoms with Crippen LogP contribution in [0.3, 0.4) is 0 Å². The van der Waals surface area contributed by atoms with Gasteiger partial charge in [-0.2, -0.15) is 0 Å².